The van der Waals surface area contributed by atoms with E-state index in [9.17, 15) is 4.79 Å². The Kier molecular flexibility index (Phi) is 4.10. The van der Waals surface area contributed by atoms with E-state index >= 15 is 0 Å². The minimum Gasteiger partial charge on any atom is -0.481 e. The van der Waals surface area contributed by atoms with E-state index in [0.29, 0.717) is 12.3 Å². The molecule has 0 radical (unpaired) electrons. The van der Waals surface area contributed by atoms with Crippen molar-refractivity contribution in [2.45, 2.75) is 40.2 Å². The van der Waals surface area contributed by atoms with Crippen molar-refractivity contribution in [3.63, 3.8) is 0 Å². The highest BCUT2D eigenvalue weighted by molar-refractivity contribution is 5.73. The monoisotopic (exact) mass is 237 g/mol. The van der Waals surface area contributed by atoms with E-state index in [1.807, 2.05) is 26.0 Å². The smallest absolute Gasteiger partial charge is 0.309 e. The number of carboxylic acids is 1. The fraction of sp³-hybridized carbons (Fsp3) is 0.538. The molecule has 17 heavy (non-hydrogen) atoms. The largest absolute Gasteiger partial charge is 0.481 e. The standard InChI is InChI=1S/C13H19NO3/c1-9(2)17-11-7-5-6-10(14-11)8-13(3,4)12(15)16/h5-7,9H,8H2,1-4H3,(H,15,16). The molecule has 0 aliphatic heterocycles. The van der Waals surface area contributed by atoms with Crippen LogP contribution in [0.1, 0.15) is 33.4 Å². The van der Waals surface area contributed by atoms with Gasteiger partial charge in [0.15, 0.2) is 0 Å². The molecule has 0 atom stereocenters. The number of hydrogen-bond acceptors (Lipinski definition) is 3. The first-order valence-electron chi connectivity index (χ1n) is 5.67. The quantitative estimate of drug-likeness (QED) is 0.854. The van der Waals surface area contributed by atoms with E-state index in [2.05, 4.69) is 4.98 Å². The lowest BCUT2D eigenvalue weighted by Crippen LogP contribution is -2.26. The van der Waals surface area contributed by atoms with Crippen molar-refractivity contribution in [1.29, 1.82) is 0 Å². The second-order valence-electron chi connectivity index (χ2n) is 5.00. The number of rotatable bonds is 5. The van der Waals surface area contributed by atoms with Crippen LogP contribution in [0.5, 0.6) is 5.88 Å². The number of aliphatic carboxylic acids is 1. The highest BCUT2D eigenvalue weighted by Gasteiger charge is 2.28. The molecule has 1 rings (SSSR count). The molecular formula is C13H19NO3. The minimum absolute atomic E-state index is 0.0604. The lowest BCUT2D eigenvalue weighted by Gasteiger charge is -2.18. The van der Waals surface area contributed by atoms with Gasteiger partial charge in [-0.25, -0.2) is 4.98 Å². The molecule has 0 amide bonds. The first-order valence-corrected chi connectivity index (χ1v) is 5.67. The average Bonchev–Trinajstić information content (AvgIpc) is 2.15. The number of hydrogen-bond donors (Lipinski definition) is 1. The lowest BCUT2D eigenvalue weighted by molar-refractivity contribution is -0.146. The molecule has 1 aromatic heterocycles. The molecule has 0 fully saturated rings. The van der Waals surface area contributed by atoms with E-state index < -0.39 is 11.4 Å². The van der Waals surface area contributed by atoms with Crippen LogP contribution in [0, 0.1) is 5.41 Å². The Morgan fingerprint density at radius 3 is 2.65 bits per heavy atom. The third-order valence-corrected chi connectivity index (χ3v) is 2.34. The molecule has 94 valence electrons. The number of aromatic nitrogens is 1. The van der Waals surface area contributed by atoms with Gasteiger partial charge in [-0.3, -0.25) is 4.79 Å². The van der Waals surface area contributed by atoms with Crippen molar-refractivity contribution in [2.24, 2.45) is 5.41 Å². The molecule has 0 aliphatic rings. The molecule has 0 bridgehead atoms. The van der Waals surface area contributed by atoms with Gasteiger partial charge in [0.05, 0.1) is 11.5 Å². The van der Waals surface area contributed by atoms with Gasteiger partial charge in [-0.05, 0) is 33.8 Å². The molecule has 4 heteroatoms. The Balaban J connectivity index is 2.82. The fourth-order valence-corrected chi connectivity index (χ4v) is 1.39. The van der Waals surface area contributed by atoms with Crippen molar-refractivity contribution < 1.29 is 14.6 Å². The van der Waals surface area contributed by atoms with Crippen molar-refractivity contribution in [2.75, 3.05) is 0 Å². The summed E-state index contributed by atoms with van der Waals surface area (Å²) in [6.45, 7) is 7.23. The summed E-state index contributed by atoms with van der Waals surface area (Å²) in [5.41, 5.74) is -0.0840. The van der Waals surface area contributed by atoms with Crippen molar-refractivity contribution in [3.05, 3.63) is 23.9 Å². The summed E-state index contributed by atoms with van der Waals surface area (Å²) in [6.07, 6.45) is 0.447. The summed E-state index contributed by atoms with van der Waals surface area (Å²) in [5.74, 6) is -0.284. The number of nitrogens with zero attached hydrogens (tertiary/aromatic N) is 1. The SMILES string of the molecule is CC(C)Oc1cccc(CC(C)(C)C(=O)O)n1. The average molecular weight is 237 g/mol. The number of pyridine rings is 1. The summed E-state index contributed by atoms with van der Waals surface area (Å²) in [4.78, 5) is 15.3. The molecule has 1 N–H and O–H groups in total. The second kappa shape index (κ2) is 5.17. The van der Waals surface area contributed by atoms with Gasteiger partial charge in [0.1, 0.15) is 0 Å². The Morgan fingerprint density at radius 1 is 1.47 bits per heavy atom. The molecule has 0 saturated carbocycles. The van der Waals surface area contributed by atoms with Crippen LogP contribution >= 0.6 is 0 Å². The van der Waals surface area contributed by atoms with E-state index in [4.69, 9.17) is 9.84 Å². The van der Waals surface area contributed by atoms with Gasteiger partial charge in [-0.15, -0.1) is 0 Å². The summed E-state index contributed by atoms with van der Waals surface area (Å²) < 4.78 is 5.47. The molecule has 4 nitrogen and oxygen atoms in total. The predicted octanol–water partition coefficient (Wildman–Crippen LogP) is 2.52. The van der Waals surface area contributed by atoms with E-state index in [-0.39, 0.29) is 6.10 Å². The predicted molar refractivity (Wildman–Crippen MR) is 65.1 cm³/mol. The Morgan fingerprint density at radius 2 is 2.12 bits per heavy atom. The molecule has 0 unspecified atom stereocenters. The first-order chi connectivity index (χ1) is 7.81. The van der Waals surface area contributed by atoms with Crippen LogP contribution in [0.25, 0.3) is 0 Å². The summed E-state index contributed by atoms with van der Waals surface area (Å²) in [5, 5.41) is 9.06. The van der Waals surface area contributed by atoms with Crippen LogP contribution in [0.4, 0.5) is 0 Å². The van der Waals surface area contributed by atoms with Crippen LogP contribution < -0.4 is 4.74 Å². The zero-order chi connectivity index (χ0) is 13.1. The zero-order valence-corrected chi connectivity index (χ0v) is 10.7. The Bertz CT molecular complexity index is 399. The van der Waals surface area contributed by atoms with Crippen LogP contribution in [0.3, 0.4) is 0 Å². The molecule has 1 heterocycles. The van der Waals surface area contributed by atoms with Gasteiger partial charge in [-0.1, -0.05) is 6.07 Å². The first kappa shape index (κ1) is 13.5. The van der Waals surface area contributed by atoms with Crippen LogP contribution in [-0.4, -0.2) is 22.2 Å². The maximum atomic E-state index is 11.0. The van der Waals surface area contributed by atoms with Gasteiger partial charge >= 0.3 is 5.97 Å². The second-order valence-corrected chi connectivity index (χ2v) is 5.00. The van der Waals surface area contributed by atoms with Crippen molar-refractivity contribution in [1.82, 2.24) is 4.98 Å². The Labute approximate surface area is 102 Å². The van der Waals surface area contributed by atoms with E-state index in [1.165, 1.54) is 0 Å². The number of ether oxygens (including phenoxy) is 1. The molecular weight excluding hydrogens is 218 g/mol. The van der Waals surface area contributed by atoms with Gasteiger partial charge < -0.3 is 9.84 Å². The molecule has 0 spiro atoms. The highest BCUT2D eigenvalue weighted by Crippen LogP contribution is 2.22. The summed E-state index contributed by atoms with van der Waals surface area (Å²) in [7, 11) is 0. The van der Waals surface area contributed by atoms with Gasteiger partial charge in [0, 0.05) is 18.2 Å². The highest BCUT2D eigenvalue weighted by atomic mass is 16.5. The topological polar surface area (TPSA) is 59.4 Å². The van der Waals surface area contributed by atoms with Crippen molar-refractivity contribution >= 4 is 5.97 Å². The summed E-state index contributed by atoms with van der Waals surface area (Å²) in [6, 6.07) is 5.42. The third-order valence-electron chi connectivity index (χ3n) is 2.34. The molecule has 0 aliphatic carbocycles. The third kappa shape index (κ3) is 4.06. The zero-order valence-electron chi connectivity index (χ0n) is 10.7. The normalized spacial score (nSPS) is 11.6. The summed E-state index contributed by atoms with van der Waals surface area (Å²) >= 11 is 0. The van der Waals surface area contributed by atoms with Gasteiger partial charge in [-0.2, -0.15) is 0 Å². The molecule has 0 aromatic carbocycles. The fourth-order valence-electron chi connectivity index (χ4n) is 1.39. The number of carbonyl (C=O) groups is 1. The minimum atomic E-state index is -0.825. The number of carboxylic acid groups (broad SMARTS) is 1. The maximum Gasteiger partial charge on any atom is 0.309 e. The van der Waals surface area contributed by atoms with Gasteiger partial charge in [0.25, 0.3) is 0 Å². The molecule has 1 aromatic rings. The van der Waals surface area contributed by atoms with E-state index in [1.54, 1.807) is 19.9 Å². The van der Waals surface area contributed by atoms with Crippen molar-refractivity contribution in [3.8, 4) is 5.88 Å². The lowest BCUT2D eigenvalue weighted by atomic mass is 9.88. The maximum absolute atomic E-state index is 11.0. The van der Waals surface area contributed by atoms with Crippen LogP contribution in [-0.2, 0) is 11.2 Å². The molecule has 0 saturated heterocycles. The van der Waals surface area contributed by atoms with Gasteiger partial charge in [0.2, 0.25) is 5.88 Å². The van der Waals surface area contributed by atoms with Crippen LogP contribution in [0.15, 0.2) is 18.2 Å². The Hall–Kier alpha value is -1.58. The van der Waals surface area contributed by atoms with E-state index in [0.717, 1.165) is 5.69 Å². The van der Waals surface area contributed by atoms with Crippen LogP contribution in [0.2, 0.25) is 0 Å².